The van der Waals surface area contributed by atoms with Crippen LogP contribution in [0.2, 0.25) is 0 Å². The van der Waals surface area contributed by atoms with E-state index in [1.54, 1.807) is 26.2 Å². The zero-order chi connectivity index (χ0) is 14.6. The highest BCUT2D eigenvalue weighted by Gasteiger charge is 2.23. The molecule has 2 N–H and O–H groups in total. The molecule has 1 saturated carbocycles. The number of benzene rings is 1. The molecule has 1 atom stereocenters. The molecule has 0 spiro atoms. The van der Waals surface area contributed by atoms with Crippen molar-refractivity contribution in [2.45, 2.75) is 43.3 Å². The highest BCUT2D eigenvalue weighted by atomic mass is 32.2. The molecular weight excluding hydrogens is 276 g/mol. The number of rotatable bonds is 8. The Morgan fingerprint density at radius 3 is 2.70 bits per heavy atom. The standard InChI is InChI=1S/C14H22N2O3S/c1-11(10-19-2)16-20(17,18)14-6-4-3-5-12(14)9-15-13-7-8-13/h3-6,11,13,15-16H,7-10H2,1-2H3. The van der Waals surface area contributed by atoms with Crippen LogP contribution in [0.5, 0.6) is 0 Å². The monoisotopic (exact) mass is 298 g/mol. The molecule has 5 nitrogen and oxygen atoms in total. The SMILES string of the molecule is COCC(C)NS(=O)(=O)c1ccccc1CNC1CC1. The topological polar surface area (TPSA) is 67.4 Å². The predicted octanol–water partition coefficient (Wildman–Crippen LogP) is 1.25. The first-order valence-electron chi connectivity index (χ1n) is 6.85. The first-order chi connectivity index (χ1) is 9.53. The molecule has 0 aliphatic heterocycles. The maximum absolute atomic E-state index is 12.4. The molecule has 1 aromatic carbocycles. The van der Waals surface area contributed by atoms with Crippen molar-refractivity contribution in [3.05, 3.63) is 29.8 Å². The highest BCUT2D eigenvalue weighted by molar-refractivity contribution is 7.89. The number of hydrogen-bond acceptors (Lipinski definition) is 4. The van der Waals surface area contributed by atoms with Gasteiger partial charge >= 0.3 is 0 Å². The Morgan fingerprint density at radius 2 is 2.05 bits per heavy atom. The third-order valence-electron chi connectivity index (χ3n) is 3.19. The molecule has 1 aromatic rings. The fourth-order valence-electron chi connectivity index (χ4n) is 2.07. The molecule has 0 radical (unpaired) electrons. The summed E-state index contributed by atoms with van der Waals surface area (Å²) in [5, 5.41) is 3.35. The summed E-state index contributed by atoms with van der Waals surface area (Å²) in [4.78, 5) is 0.344. The van der Waals surface area contributed by atoms with Crippen LogP contribution in [0, 0.1) is 0 Å². The van der Waals surface area contributed by atoms with Gasteiger partial charge in [-0.3, -0.25) is 0 Å². The Morgan fingerprint density at radius 1 is 1.35 bits per heavy atom. The van der Waals surface area contributed by atoms with Crippen molar-refractivity contribution in [2.75, 3.05) is 13.7 Å². The van der Waals surface area contributed by atoms with Crippen LogP contribution in [0.3, 0.4) is 0 Å². The number of sulfonamides is 1. The highest BCUT2D eigenvalue weighted by Crippen LogP contribution is 2.21. The predicted molar refractivity (Wildman–Crippen MR) is 78.0 cm³/mol. The van der Waals surface area contributed by atoms with E-state index in [0.29, 0.717) is 24.1 Å². The summed E-state index contributed by atoms with van der Waals surface area (Å²) in [7, 11) is -1.96. The third kappa shape index (κ3) is 4.28. The number of ether oxygens (including phenoxy) is 1. The lowest BCUT2D eigenvalue weighted by Gasteiger charge is -2.16. The van der Waals surface area contributed by atoms with Crippen LogP contribution in [0.1, 0.15) is 25.3 Å². The molecule has 0 amide bonds. The van der Waals surface area contributed by atoms with Crippen molar-refractivity contribution >= 4 is 10.0 Å². The minimum atomic E-state index is -3.51. The zero-order valence-corrected chi connectivity index (χ0v) is 12.7. The van der Waals surface area contributed by atoms with Gasteiger partial charge in [-0.25, -0.2) is 13.1 Å². The van der Waals surface area contributed by atoms with Crippen LogP contribution >= 0.6 is 0 Å². The Bertz CT molecular complexity index is 541. The lowest BCUT2D eigenvalue weighted by molar-refractivity contribution is 0.180. The van der Waals surface area contributed by atoms with Crippen LogP contribution in [0.15, 0.2) is 29.2 Å². The van der Waals surface area contributed by atoms with Crippen molar-refractivity contribution in [2.24, 2.45) is 0 Å². The van der Waals surface area contributed by atoms with Gasteiger partial charge in [-0.15, -0.1) is 0 Å². The number of hydrogen-bond donors (Lipinski definition) is 2. The van der Waals surface area contributed by atoms with Crippen molar-refractivity contribution in [1.29, 1.82) is 0 Å². The molecular formula is C14H22N2O3S. The normalized spacial score (nSPS) is 17.1. The van der Waals surface area contributed by atoms with E-state index in [9.17, 15) is 8.42 Å². The van der Waals surface area contributed by atoms with E-state index in [0.717, 1.165) is 5.56 Å². The summed E-state index contributed by atoms with van der Waals surface area (Å²) >= 11 is 0. The minimum absolute atomic E-state index is 0.255. The Labute approximate surface area is 120 Å². The molecule has 112 valence electrons. The average molecular weight is 298 g/mol. The average Bonchev–Trinajstić information content (AvgIpc) is 3.20. The van der Waals surface area contributed by atoms with Crippen LogP contribution < -0.4 is 10.0 Å². The van der Waals surface area contributed by atoms with E-state index >= 15 is 0 Å². The quantitative estimate of drug-likeness (QED) is 0.758. The smallest absolute Gasteiger partial charge is 0.241 e. The van der Waals surface area contributed by atoms with Gasteiger partial charge in [0.15, 0.2) is 0 Å². The third-order valence-corrected chi connectivity index (χ3v) is 4.88. The number of methoxy groups -OCH3 is 1. The summed E-state index contributed by atoms with van der Waals surface area (Å²) in [5.41, 5.74) is 0.802. The molecule has 1 aliphatic carbocycles. The van der Waals surface area contributed by atoms with E-state index < -0.39 is 10.0 Å². The molecule has 0 aromatic heterocycles. The second kappa shape index (κ2) is 6.67. The maximum atomic E-state index is 12.4. The zero-order valence-electron chi connectivity index (χ0n) is 11.9. The van der Waals surface area contributed by atoms with E-state index in [1.165, 1.54) is 12.8 Å². The fraction of sp³-hybridized carbons (Fsp3) is 0.571. The van der Waals surface area contributed by atoms with Crippen LogP contribution in [-0.2, 0) is 21.3 Å². The van der Waals surface area contributed by atoms with Gasteiger partial charge in [0.2, 0.25) is 10.0 Å². The van der Waals surface area contributed by atoms with Gasteiger partial charge in [0, 0.05) is 25.7 Å². The Kier molecular flexibility index (Phi) is 5.15. The van der Waals surface area contributed by atoms with Crippen molar-refractivity contribution in [3.63, 3.8) is 0 Å². The first-order valence-corrected chi connectivity index (χ1v) is 8.34. The summed E-state index contributed by atoms with van der Waals surface area (Å²) in [6.45, 7) is 2.72. The largest absolute Gasteiger partial charge is 0.383 e. The molecule has 1 fully saturated rings. The first kappa shape index (κ1) is 15.4. The van der Waals surface area contributed by atoms with Gasteiger partial charge in [-0.1, -0.05) is 18.2 Å². The van der Waals surface area contributed by atoms with Crippen LogP contribution in [-0.4, -0.2) is 34.2 Å². The number of nitrogens with one attached hydrogen (secondary N) is 2. The lowest BCUT2D eigenvalue weighted by atomic mass is 10.2. The van der Waals surface area contributed by atoms with Gasteiger partial charge in [0.1, 0.15) is 0 Å². The molecule has 20 heavy (non-hydrogen) atoms. The molecule has 0 bridgehead atoms. The molecule has 2 rings (SSSR count). The maximum Gasteiger partial charge on any atom is 0.241 e. The second-order valence-corrected chi connectivity index (χ2v) is 6.92. The van der Waals surface area contributed by atoms with Crippen molar-refractivity contribution in [3.8, 4) is 0 Å². The summed E-state index contributed by atoms with van der Waals surface area (Å²) in [6, 6.07) is 7.40. The van der Waals surface area contributed by atoms with Gasteiger partial charge in [-0.2, -0.15) is 0 Å². The molecule has 6 heteroatoms. The Hall–Kier alpha value is -0.950. The van der Waals surface area contributed by atoms with E-state index in [-0.39, 0.29) is 6.04 Å². The van der Waals surface area contributed by atoms with Crippen LogP contribution in [0.4, 0.5) is 0 Å². The summed E-state index contributed by atoms with van der Waals surface area (Å²) < 4.78 is 32.4. The Balaban J connectivity index is 2.12. The van der Waals surface area contributed by atoms with E-state index in [1.807, 2.05) is 12.1 Å². The van der Waals surface area contributed by atoms with Gasteiger partial charge in [-0.05, 0) is 31.4 Å². The van der Waals surface area contributed by atoms with Crippen LogP contribution in [0.25, 0.3) is 0 Å². The summed E-state index contributed by atoms with van der Waals surface area (Å²) in [5.74, 6) is 0. The van der Waals surface area contributed by atoms with Crippen molar-refractivity contribution in [1.82, 2.24) is 10.0 Å². The van der Waals surface area contributed by atoms with E-state index in [2.05, 4.69) is 10.0 Å². The fourth-order valence-corrected chi connectivity index (χ4v) is 3.53. The minimum Gasteiger partial charge on any atom is -0.383 e. The van der Waals surface area contributed by atoms with Crippen molar-refractivity contribution < 1.29 is 13.2 Å². The van der Waals surface area contributed by atoms with Gasteiger partial charge in [0.25, 0.3) is 0 Å². The van der Waals surface area contributed by atoms with E-state index in [4.69, 9.17) is 4.74 Å². The molecule has 1 unspecified atom stereocenters. The van der Waals surface area contributed by atoms with Gasteiger partial charge < -0.3 is 10.1 Å². The molecule has 1 aliphatic rings. The summed E-state index contributed by atoms with van der Waals surface area (Å²) in [6.07, 6.45) is 2.36. The molecule has 0 saturated heterocycles. The lowest BCUT2D eigenvalue weighted by Crippen LogP contribution is -2.36. The molecule has 0 heterocycles. The second-order valence-electron chi connectivity index (χ2n) is 5.24. The van der Waals surface area contributed by atoms with Gasteiger partial charge in [0.05, 0.1) is 11.5 Å².